The van der Waals surface area contributed by atoms with Gasteiger partial charge in [0.15, 0.2) is 0 Å². The number of hydrogen-bond acceptors (Lipinski definition) is 1. The molecule has 0 fully saturated rings. The van der Waals surface area contributed by atoms with Crippen molar-refractivity contribution in [2.45, 2.75) is 0 Å². The van der Waals surface area contributed by atoms with Crippen LogP contribution in [0.25, 0.3) is 0 Å². The molecule has 0 aromatic rings. The van der Waals surface area contributed by atoms with Gasteiger partial charge in [-0.3, -0.25) is 0 Å². The van der Waals surface area contributed by atoms with E-state index in [1.807, 2.05) is 0 Å². The second kappa shape index (κ2) is 6.21. The molecule has 0 aromatic heterocycles. The third kappa shape index (κ3) is 22.6. The summed E-state index contributed by atoms with van der Waals surface area (Å²) in [6, 6.07) is 0. The van der Waals surface area contributed by atoms with Crippen LogP contribution in [-0.4, -0.2) is 0 Å². The molecule has 33 valence electrons. The van der Waals surface area contributed by atoms with E-state index in [1.165, 1.54) is 0 Å². The summed E-state index contributed by atoms with van der Waals surface area (Å²) in [5, 5.41) is 0. The number of halogens is 3. The molecule has 0 spiro atoms. The van der Waals surface area contributed by atoms with Crippen LogP contribution in [0, 0.1) is 30.7 Å². The van der Waals surface area contributed by atoms with E-state index in [9.17, 15) is 0 Å². The van der Waals surface area contributed by atoms with Crippen LogP contribution in [0.15, 0.2) is 0 Å². The molecule has 5 heavy (non-hydrogen) atoms. The molecular formula is H3CeCl3N. The van der Waals surface area contributed by atoms with E-state index < -0.39 is 30.7 Å². The zero-order chi connectivity index (χ0) is 3.58. The Balaban J connectivity index is 0. The van der Waals surface area contributed by atoms with Crippen molar-refractivity contribution in [2.24, 2.45) is 0 Å². The summed E-state index contributed by atoms with van der Waals surface area (Å²) >= 11 is -2.24. The summed E-state index contributed by atoms with van der Waals surface area (Å²) in [5.74, 6) is 0. The first-order chi connectivity index (χ1) is 1.73. The van der Waals surface area contributed by atoms with Crippen molar-refractivity contribution in [3.8, 4) is 0 Å². The van der Waals surface area contributed by atoms with E-state index in [0.29, 0.717) is 0 Å². The van der Waals surface area contributed by atoms with Gasteiger partial charge in [0.2, 0.25) is 0 Å². The van der Waals surface area contributed by atoms with Crippen molar-refractivity contribution in [2.75, 3.05) is 0 Å². The molecule has 0 amide bonds. The Morgan fingerprint density at radius 2 is 1.00 bits per heavy atom. The molecular weight excluding hydrogens is 260 g/mol. The van der Waals surface area contributed by atoms with E-state index in [0.717, 1.165) is 0 Å². The maximum absolute atomic E-state index is 5.02. The quantitative estimate of drug-likeness (QED) is 0.715. The Hall–Kier alpha value is 2.21. The molecule has 0 saturated heterocycles. The average molecular weight is 264 g/mol. The van der Waals surface area contributed by atoms with E-state index in [-0.39, 0.29) is 6.15 Å². The van der Waals surface area contributed by atoms with Gasteiger partial charge in [0.25, 0.3) is 0 Å². The monoisotopic (exact) mass is 262 g/mol. The van der Waals surface area contributed by atoms with Gasteiger partial charge in [-0.05, 0) is 0 Å². The first-order valence-electron chi connectivity index (χ1n) is 0.567. The Morgan fingerprint density at radius 1 is 1.00 bits per heavy atom. The van der Waals surface area contributed by atoms with Gasteiger partial charge in [-0.1, -0.05) is 0 Å². The van der Waals surface area contributed by atoms with Gasteiger partial charge in [-0.25, -0.2) is 0 Å². The molecule has 0 rings (SSSR count). The van der Waals surface area contributed by atoms with Crippen LogP contribution >= 0.6 is 16.9 Å². The molecule has 0 radical (unpaired) electrons. The average Bonchev–Trinajstić information content (AvgIpc) is 0.811. The van der Waals surface area contributed by atoms with Crippen molar-refractivity contribution >= 4 is 16.9 Å². The minimum absolute atomic E-state index is 0. The SMILES string of the molecule is N.[Cl][Ce]([Cl])[Cl]. The molecule has 3 N–H and O–H groups in total. The Labute approximate surface area is 52.4 Å². The first kappa shape index (κ1) is 10.2. The van der Waals surface area contributed by atoms with Gasteiger partial charge in [0.05, 0.1) is 0 Å². The molecule has 0 saturated carbocycles. The Kier molecular flexibility index (Phi) is 12.7. The van der Waals surface area contributed by atoms with Crippen LogP contribution < -0.4 is 6.15 Å². The van der Waals surface area contributed by atoms with Crippen LogP contribution in [0.1, 0.15) is 0 Å². The second-order valence-electron chi connectivity index (χ2n) is 0.214. The molecule has 0 unspecified atom stereocenters. The van der Waals surface area contributed by atoms with Gasteiger partial charge in [-0.2, -0.15) is 0 Å². The standard InChI is InChI=1S/Ce.3ClH.H3N/h;3*1H;1H3/q+3;;;;/p-3. The molecule has 0 aliphatic carbocycles. The van der Waals surface area contributed by atoms with Crippen molar-refractivity contribution in [3.05, 3.63) is 0 Å². The predicted molar refractivity (Wildman–Crippen MR) is 22.6 cm³/mol. The summed E-state index contributed by atoms with van der Waals surface area (Å²) in [6.07, 6.45) is 0. The normalized spacial score (nSPS) is 5.40. The predicted octanol–water partition coefficient (Wildman–Crippen LogP) is 2.23. The molecule has 0 bridgehead atoms. The van der Waals surface area contributed by atoms with E-state index in [2.05, 4.69) is 0 Å². The van der Waals surface area contributed by atoms with Crippen LogP contribution in [0.4, 0.5) is 0 Å². The summed E-state index contributed by atoms with van der Waals surface area (Å²) in [4.78, 5) is 0. The van der Waals surface area contributed by atoms with Gasteiger partial charge >= 0.3 is 47.6 Å². The van der Waals surface area contributed by atoms with Crippen LogP contribution in [0.5, 0.6) is 0 Å². The fourth-order valence-electron chi connectivity index (χ4n) is 0. The Bertz CT molecular complexity index is 11.6. The number of hydrogen-bond donors (Lipinski definition) is 1. The second-order valence-corrected chi connectivity index (χ2v) is 14.0. The van der Waals surface area contributed by atoms with Gasteiger partial charge < -0.3 is 6.15 Å². The van der Waals surface area contributed by atoms with Crippen LogP contribution in [0.2, 0.25) is 0 Å². The zero-order valence-electron chi connectivity index (χ0n) is 2.34. The fraction of sp³-hybridized carbons (Fsp3) is 0. The van der Waals surface area contributed by atoms with E-state index in [4.69, 9.17) is 16.9 Å². The Morgan fingerprint density at radius 3 is 1.00 bits per heavy atom. The van der Waals surface area contributed by atoms with Gasteiger partial charge in [-0.15, -0.1) is 0 Å². The minimum atomic E-state index is -2.24. The van der Waals surface area contributed by atoms with Gasteiger partial charge in [0, 0.05) is 0 Å². The molecule has 5 heteroatoms. The van der Waals surface area contributed by atoms with Crippen molar-refractivity contribution in [3.63, 3.8) is 0 Å². The molecule has 0 atom stereocenters. The summed E-state index contributed by atoms with van der Waals surface area (Å²) in [6.45, 7) is 0. The van der Waals surface area contributed by atoms with Crippen molar-refractivity contribution in [1.29, 1.82) is 0 Å². The first-order valence-corrected chi connectivity index (χ1v) is 12.4. The van der Waals surface area contributed by atoms with Crippen molar-refractivity contribution in [1.82, 2.24) is 6.15 Å². The summed E-state index contributed by atoms with van der Waals surface area (Å²) in [7, 11) is 0. The summed E-state index contributed by atoms with van der Waals surface area (Å²) < 4.78 is 0. The topological polar surface area (TPSA) is 35.0 Å². The third-order valence-corrected chi connectivity index (χ3v) is 0. The molecule has 0 aliphatic heterocycles. The van der Waals surface area contributed by atoms with Crippen LogP contribution in [-0.2, 0) is 0 Å². The fourth-order valence-corrected chi connectivity index (χ4v) is 0. The van der Waals surface area contributed by atoms with Crippen molar-refractivity contribution < 1.29 is 30.7 Å². The van der Waals surface area contributed by atoms with E-state index >= 15 is 0 Å². The number of rotatable bonds is 0. The maximum atomic E-state index is 5.02. The molecule has 0 aromatic carbocycles. The van der Waals surface area contributed by atoms with Gasteiger partial charge in [0.1, 0.15) is 0 Å². The van der Waals surface area contributed by atoms with E-state index in [1.54, 1.807) is 0 Å². The molecule has 0 aliphatic rings. The zero-order valence-corrected chi connectivity index (χ0v) is 7.75. The third-order valence-electron chi connectivity index (χ3n) is 0. The molecule has 0 heterocycles. The molecule has 1 nitrogen and oxygen atoms in total. The summed E-state index contributed by atoms with van der Waals surface area (Å²) in [5.41, 5.74) is 15.1. The van der Waals surface area contributed by atoms with Crippen LogP contribution in [0.3, 0.4) is 0 Å².